The normalized spacial score (nSPS) is 16.8. The van der Waals surface area contributed by atoms with E-state index >= 15 is 0 Å². The second-order valence-electron chi connectivity index (χ2n) is 4.38. The maximum Gasteiger partial charge on any atom is 0.0342 e. The highest BCUT2D eigenvalue weighted by Gasteiger charge is 2.19. The van der Waals surface area contributed by atoms with E-state index in [0.717, 1.165) is 12.6 Å². The molecular weight excluding hydrogens is 184 g/mol. The van der Waals surface area contributed by atoms with Crippen LogP contribution in [0, 0.1) is 6.92 Å². The maximum atomic E-state index is 4.14. The summed E-state index contributed by atoms with van der Waals surface area (Å²) < 4.78 is 0. The monoisotopic (exact) mass is 202 g/mol. The Bertz CT molecular complexity index is 365. The van der Waals surface area contributed by atoms with Gasteiger partial charge in [-0.15, -0.1) is 0 Å². The maximum absolute atomic E-state index is 4.14. The van der Waals surface area contributed by atoms with E-state index in [1.54, 1.807) is 0 Å². The molecule has 0 amide bonds. The van der Waals surface area contributed by atoms with Crippen LogP contribution in [0.15, 0.2) is 24.0 Å². The van der Waals surface area contributed by atoms with Gasteiger partial charge < -0.3 is 5.32 Å². The summed E-state index contributed by atoms with van der Waals surface area (Å²) in [6.07, 6.45) is 8.68. The topological polar surface area (TPSA) is 24.9 Å². The molecule has 1 aromatic rings. The summed E-state index contributed by atoms with van der Waals surface area (Å²) in [6, 6.07) is 2.83. The Morgan fingerprint density at radius 3 is 3.07 bits per heavy atom. The van der Waals surface area contributed by atoms with Crippen molar-refractivity contribution in [1.29, 1.82) is 0 Å². The Morgan fingerprint density at radius 2 is 2.40 bits per heavy atom. The lowest BCUT2D eigenvalue weighted by molar-refractivity contribution is 0.735. The molecule has 2 heteroatoms. The molecule has 0 saturated heterocycles. The number of rotatable bonds is 4. The lowest BCUT2D eigenvalue weighted by atomic mass is 10.1. The third-order valence-corrected chi connectivity index (χ3v) is 2.73. The number of hydrogen-bond donors (Lipinski definition) is 1. The van der Waals surface area contributed by atoms with Crippen LogP contribution in [0.2, 0.25) is 0 Å². The number of nitrogens with zero attached hydrogens (tertiary/aromatic N) is 1. The first-order valence-corrected chi connectivity index (χ1v) is 5.57. The SMILES string of the molecule is C/C(=C/c1cnccc1C)CNC1CC1. The van der Waals surface area contributed by atoms with E-state index in [2.05, 4.69) is 30.2 Å². The summed E-state index contributed by atoms with van der Waals surface area (Å²) in [4.78, 5) is 4.14. The van der Waals surface area contributed by atoms with E-state index in [-0.39, 0.29) is 0 Å². The van der Waals surface area contributed by atoms with E-state index in [1.165, 1.54) is 29.5 Å². The molecule has 1 saturated carbocycles. The van der Waals surface area contributed by atoms with Crippen LogP contribution in [0.3, 0.4) is 0 Å². The highest BCUT2D eigenvalue weighted by atomic mass is 14.9. The predicted molar refractivity (Wildman–Crippen MR) is 63.6 cm³/mol. The van der Waals surface area contributed by atoms with Gasteiger partial charge in [0.1, 0.15) is 0 Å². The number of aryl methyl sites for hydroxylation is 1. The van der Waals surface area contributed by atoms with Gasteiger partial charge in [0, 0.05) is 25.0 Å². The minimum Gasteiger partial charge on any atom is -0.310 e. The molecule has 1 N–H and O–H groups in total. The zero-order chi connectivity index (χ0) is 10.7. The highest BCUT2D eigenvalue weighted by Crippen LogP contribution is 2.19. The van der Waals surface area contributed by atoms with Crippen LogP contribution in [-0.4, -0.2) is 17.6 Å². The van der Waals surface area contributed by atoms with E-state index in [4.69, 9.17) is 0 Å². The Labute approximate surface area is 91.4 Å². The predicted octanol–water partition coefficient (Wildman–Crippen LogP) is 2.55. The standard InChI is InChI=1S/C13H18N2/c1-10(8-15-13-3-4-13)7-12-9-14-6-5-11(12)2/h5-7,9,13,15H,3-4,8H2,1-2H3/b10-7-. The van der Waals surface area contributed by atoms with Gasteiger partial charge in [-0.25, -0.2) is 0 Å². The Balaban J connectivity index is 1.97. The van der Waals surface area contributed by atoms with Crippen molar-refractivity contribution < 1.29 is 0 Å². The van der Waals surface area contributed by atoms with Crippen molar-refractivity contribution in [3.8, 4) is 0 Å². The molecule has 1 aromatic heterocycles. The fourth-order valence-corrected chi connectivity index (χ4v) is 1.54. The third-order valence-electron chi connectivity index (χ3n) is 2.73. The average molecular weight is 202 g/mol. The molecule has 0 unspecified atom stereocenters. The molecule has 2 nitrogen and oxygen atoms in total. The molecule has 0 spiro atoms. The zero-order valence-electron chi connectivity index (χ0n) is 9.46. The minimum absolute atomic E-state index is 0.781. The molecule has 15 heavy (non-hydrogen) atoms. The van der Waals surface area contributed by atoms with Gasteiger partial charge in [-0.3, -0.25) is 4.98 Å². The van der Waals surface area contributed by atoms with Crippen molar-refractivity contribution in [2.24, 2.45) is 0 Å². The Kier molecular flexibility index (Phi) is 3.17. The molecule has 1 heterocycles. The third kappa shape index (κ3) is 3.17. The van der Waals surface area contributed by atoms with Gasteiger partial charge in [-0.2, -0.15) is 0 Å². The van der Waals surface area contributed by atoms with Gasteiger partial charge in [0.05, 0.1) is 0 Å². The summed E-state index contributed by atoms with van der Waals surface area (Å²) in [7, 11) is 0. The second-order valence-corrected chi connectivity index (χ2v) is 4.38. The largest absolute Gasteiger partial charge is 0.310 e. The van der Waals surface area contributed by atoms with Gasteiger partial charge >= 0.3 is 0 Å². The van der Waals surface area contributed by atoms with Crippen molar-refractivity contribution in [1.82, 2.24) is 10.3 Å². The lowest BCUT2D eigenvalue weighted by Crippen LogP contribution is -2.18. The second kappa shape index (κ2) is 4.58. The van der Waals surface area contributed by atoms with Crippen LogP contribution in [0.5, 0.6) is 0 Å². The molecule has 1 fully saturated rings. The molecule has 0 radical (unpaired) electrons. The molecule has 0 aliphatic heterocycles. The molecule has 1 aliphatic rings. The van der Waals surface area contributed by atoms with Crippen LogP contribution in [0.25, 0.3) is 6.08 Å². The molecule has 80 valence electrons. The summed E-state index contributed by atoms with van der Waals surface area (Å²) in [5.74, 6) is 0. The van der Waals surface area contributed by atoms with E-state index in [0.29, 0.717) is 0 Å². The molecule has 2 rings (SSSR count). The Hall–Kier alpha value is -1.15. The number of aromatic nitrogens is 1. The summed E-state index contributed by atoms with van der Waals surface area (Å²) in [6.45, 7) is 5.29. The van der Waals surface area contributed by atoms with Gasteiger partial charge in [-0.1, -0.05) is 11.6 Å². The van der Waals surface area contributed by atoms with Crippen molar-refractivity contribution >= 4 is 6.08 Å². The van der Waals surface area contributed by atoms with E-state index in [1.807, 2.05) is 18.5 Å². The first-order valence-electron chi connectivity index (χ1n) is 5.57. The molecule has 0 bridgehead atoms. The molecule has 0 atom stereocenters. The van der Waals surface area contributed by atoms with Crippen molar-refractivity contribution in [3.05, 3.63) is 35.2 Å². The van der Waals surface area contributed by atoms with Crippen LogP contribution in [0.4, 0.5) is 0 Å². The number of pyridine rings is 1. The fourth-order valence-electron chi connectivity index (χ4n) is 1.54. The highest BCUT2D eigenvalue weighted by molar-refractivity contribution is 5.55. The average Bonchev–Trinajstić information content (AvgIpc) is 3.02. The smallest absolute Gasteiger partial charge is 0.0342 e. The summed E-state index contributed by atoms with van der Waals surface area (Å²) in [5.41, 5.74) is 3.89. The van der Waals surface area contributed by atoms with Gasteiger partial charge in [0.25, 0.3) is 0 Å². The van der Waals surface area contributed by atoms with Crippen molar-refractivity contribution in [3.63, 3.8) is 0 Å². The van der Waals surface area contributed by atoms with Crippen LogP contribution in [-0.2, 0) is 0 Å². The molecular formula is C13H18N2. The van der Waals surface area contributed by atoms with Crippen LogP contribution in [0.1, 0.15) is 30.9 Å². The summed E-state index contributed by atoms with van der Waals surface area (Å²) in [5, 5.41) is 3.51. The minimum atomic E-state index is 0.781. The number of hydrogen-bond acceptors (Lipinski definition) is 2. The van der Waals surface area contributed by atoms with Crippen molar-refractivity contribution in [2.75, 3.05) is 6.54 Å². The summed E-state index contributed by atoms with van der Waals surface area (Å²) >= 11 is 0. The van der Waals surface area contributed by atoms with Gasteiger partial charge in [0.15, 0.2) is 0 Å². The van der Waals surface area contributed by atoms with E-state index < -0.39 is 0 Å². The first kappa shape index (κ1) is 10.4. The first-order chi connectivity index (χ1) is 7.25. The van der Waals surface area contributed by atoms with Gasteiger partial charge in [-0.05, 0) is 43.9 Å². The van der Waals surface area contributed by atoms with E-state index in [9.17, 15) is 0 Å². The van der Waals surface area contributed by atoms with Crippen LogP contribution >= 0.6 is 0 Å². The number of nitrogens with one attached hydrogen (secondary N) is 1. The molecule has 1 aliphatic carbocycles. The van der Waals surface area contributed by atoms with Crippen LogP contribution < -0.4 is 5.32 Å². The fraction of sp³-hybridized carbons (Fsp3) is 0.462. The Morgan fingerprint density at radius 1 is 1.60 bits per heavy atom. The van der Waals surface area contributed by atoms with Crippen molar-refractivity contribution in [2.45, 2.75) is 32.7 Å². The zero-order valence-corrected chi connectivity index (χ0v) is 9.46. The molecule has 0 aromatic carbocycles. The quantitative estimate of drug-likeness (QED) is 0.811. The van der Waals surface area contributed by atoms with Gasteiger partial charge in [0.2, 0.25) is 0 Å². The lowest BCUT2D eigenvalue weighted by Gasteiger charge is -2.04.